The van der Waals surface area contributed by atoms with Crippen molar-refractivity contribution in [2.45, 2.75) is 51.7 Å². The molecule has 0 aliphatic heterocycles. The van der Waals surface area contributed by atoms with Gasteiger partial charge in [0, 0.05) is 29.1 Å². The maximum Gasteiger partial charge on any atom is 0.416 e. The molecule has 0 saturated heterocycles. The van der Waals surface area contributed by atoms with E-state index in [0.717, 1.165) is 35.7 Å². The minimum absolute atomic E-state index is 0.0577. The van der Waals surface area contributed by atoms with Crippen LogP contribution in [0.1, 0.15) is 69.9 Å². The van der Waals surface area contributed by atoms with Gasteiger partial charge in [-0.05, 0) is 62.1 Å². The first-order valence-electron chi connectivity index (χ1n) is 12.3. The second-order valence-corrected chi connectivity index (χ2v) is 9.61. The fourth-order valence-corrected chi connectivity index (χ4v) is 4.90. The molecule has 3 N–H and O–H groups in total. The molecule has 1 fully saturated rings. The van der Waals surface area contributed by atoms with Crippen LogP contribution in [0.2, 0.25) is 0 Å². The molecule has 1 aliphatic carbocycles. The Labute approximate surface area is 218 Å². The molecule has 1 aliphatic rings. The molecule has 38 heavy (non-hydrogen) atoms. The van der Waals surface area contributed by atoms with Crippen molar-refractivity contribution in [1.29, 1.82) is 0 Å². The van der Waals surface area contributed by atoms with E-state index in [0.29, 0.717) is 28.5 Å². The van der Waals surface area contributed by atoms with Gasteiger partial charge in [0.1, 0.15) is 17.8 Å². The third-order valence-corrected chi connectivity index (χ3v) is 6.99. The zero-order valence-corrected chi connectivity index (χ0v) is 21.0. The first-order chi connectivity index (χ1) is 18.1. The third-order valence-electron chi connectivity index (χ3n) is 6.99. The van der Waals surface area contributed by atoms with Crippen LogP contribution in [0.15, 0.2) is 48.9 Å². The van der Waals surface area contributed by atoms with Gasteiger partial charge in [0.15, 0.2) is 0 Å². The highest BCUT2D eigenvalue weighted by Crippen LogP contribution is 2.35. The number of rotatable bonds is 3. The van der Waals surface area contributed by atoms with Crippen LogP contribution in [-0.4, -0.2) is 20.4 Å². The van der Waals surface area contributed by atoms with Crippen LogP contribution in [-0.2, 0) is 6.18 Å². The lowest BCUT2D eigenvalue weighted by Crippen LogP contribution is -2.15. The van der Waals surface area contributed by atoms with Crippen molar-refractivity contribution in [3.05, 3.63) is 82.3 Å². The van der Waals surface area contributed by atoms with Crippen molar-refractivity contribution in [2.75, 3.05) is 11.1 Å². The number of hydrogen-bond donors (Lipinski definition) is 2. The summed E-state index contributed by atoms with van der Waals surface area (Å²) in [6.07, 6.45) is 3.40. The number of nitrogens with two attached hydrogens (primary N) is 1. The molecule has 0 unspecified atom stereocenters. The molecular weight excluding hydrogens is 491 g/mol. The maximum atomic E-state index is 13.3. The van der Waals surface area contributed by atoms with Gasteiger partial charge >= 0.3 is 6.18 Å². The number of aryl methyl sites for hydroxylation is 2. The molecule has 0 bridgehead atoms. The predicted octanol–water partition coefficient (Wildman–Crippen LogP) is 6.42. The molecule has 0 radical (unpaired) electrons. The number of alkyl halides is 3. The van der Waals surface area contributed by atoms with Crippen molar-refractivity contribution < 1.29 is 18.0 Å². The van der Waals surface area contributed by atoms with Crippen LogP contribution in [0.25, 0.3) is 11.0 Å². The maximum absolute atomic E-state index is 13.3. The number of halogens is 3. The smallest absolute Gasteiger partial charge is 0.383 e. The van der Waals surface area contributed by atoms with Gasteiger partial charge in [0.25, 0.3) is 5.91 Å². The summed E-state index contributed by atoms with van der Waals surface area (Å²) in [6, 6.07) is 9.08. The molecule has 0 atom stereocenters. The van der Waals surface area contributed by atoms with E-state index in [9.17, 15) is 18.0 Å². The summed E-state index contributed by atoms with van der Waals surface area (Å²) < 4.78 is 42.0. The molecule has 2 heterocycles. The van der Waals surface area contributed by atoms with Gasteiger partial charge in [-0.25, -0.2) is 9.97 Å². The van der Waals surface area contributed by atoms with Crippen LogP contribution in [0.3, 0.4) is 0 Å². The van der Waals surface area contributed by atoms with Gasteiger partial charge in [0.05, 0.1) is 16.5 Å². The summed E-state index contributed by atoms with van der Waals surface area (Å²) in [5.41, 5.74) is 8.81. The molecule has 6 nitrogen and oxygen atoms in total. The molecular formula is C29H26F3N5O. The van der Waals surface area contributed by atoms with E-state index in [-0.39, 0.29) is 11.1 Å². The quantitative estimate of drug-likeness (QED) is 0.307. The fourth-order valence-electron chi connectivity index (χ4n) is 4.90. The van der Waals surface area contributed by atoms with Crippen molar-refractivity contribution in [3.8, 4) is 11.8 Å². The van der Waals surface area contributed by atoms with E-state index in [1.165, 1.54) is 38.2 Å². The van der Waals surface area contributed by atoms with Gasteiger partial charge in [-0.1, -0.05) is 36.8 Å². The van der Waals surface area contributed by atoms with Crippen LogP contribution >= 0.6 is 0 Å². The normalized spacial score (nSPS) is 13.9. The molecule has 5 rings (SSSR count). The number of fused-ring (bicyclic) bond motifs is 1. The van der Waals surface area contributed by atoms with Gasteiger partial charge < -0.3 is 15.6 Å². The topological polar surface area (TPSA) is 85.8 Å². The zero-order chi connectivity index (χ0) is 27.0. The van der Waals surface area contributed by atoms with Gasteiger partial charge in [-0.2, -0.15) is 13.2 Å². The predicted molar refractivity (Wildman–Crippen MR) is 141 cm³/mol. The Kier molecular flexibility index (Phi) is 6.57. The molecule has 2 aromatic heterocycles. The minimum atomic E-state index is -4.54. The first-order valence-corrected chi connectivity index (χ1v) is 12.3. The lowest BCUT2D eigenvalue weighted by Gasteiger charge is -2.12. The Morgan fingerprint density at radius 2 is 1.74 bits per heavy atom. The lowest BCUT2D eigenvalue weighted by atomic mass is 10.0. The van der Waals surface area contributed by atoms with E-state index in [1.54, 1.807) is 18.2 Å². The van der Waals surface area contributed by atoms with Crippen LogP contribution in [0.4, 0.5) is 24.7 Å². The molecule has 4 aromatic rings. The summed E-state index contributed by atoms with van der Waals surface area (Å²) in [5.74, 6) is 6.10. The number of carbonyl (C=O) groups excluding carboxylic acids is 1. The summed E-state index contributed by atoms with van der Waals surface area (Å²) in [7, 11) is 0. The number of anilines is 2. The largest absolute Gasteiger partial charge is 0.416 e. The minimum Gasteiger partial charge on any atom is -0.383 e. The number of nitrogens with zero attached hydrogens (tertiary/aromatic N) is 3. The van der Waals surface area contributed by atoms with E-state index < -0.39 is 17.6 Å². The van der Waals surface area contributed by atoms with Crippen molar-refractivity contribution in [3.63, 3.8) is 0 Å². The van der Waals surface area contributed by atoms with Gasteiger partial charge in [-0.3, -0.25) is 4.79 Å². The van der Waals surface area contributed by atoms with Crippen molar-refractivity contribution >= 4 is 28.4 Å². The van der Waals surface area contributed by atoms with E-state index in [2.05, 4.69) is 31.7 Å². The highest BCUT2D eigenvalue weighted by molar-refractivity contribution is 6.04. The molecule has 1 amide bonds. The highest BCUT2D eigenvalue weighted by Gasteiger charge is 2.33. The molecule has 0 spiro atoms. The summed E-state index contributed by atoms with van der Waals surface area (Å²) in [4.78, 5) is 21.4. The monoisotopic (exact) mass is 517 g/mol. The SMILES string of the molecule is Cc1ccc(NC(=O)c2ccc(C)c(C(F)(F)F)c2)cc1C#Cc1cn(C2CCCC2)c2ncnc(N)c12. The Morgan fingerprint density at radius 1 is 1.03 bits per heavy atom. The van der Waals surface area contributed by atoms with Gasteiger partial charge in [-0.15, -0.1) is 0 Å². The lowest BCUT2D eigenvalue weighted by molar-refractivity contribution is -0.138. The van der Waals surface area contributed by atoms with E-state index in [4.69, 9.17) is 5.73 Å². The second-order valence-electron chi connectivity index (χ2n) is 9.61. The molecule has 194 valence electrons. The summed E-state index contributed by atoms with van der Waals surface area (Å²) in [5, 5.41) is 3.40. The average Bonchev–Trinajstić information content (AvgIpc) is 3.52. The van der Waals surface area contributed by atoms with Gasteiger partial charge in [0.2, 0.25) is 0 Å². The Morgan fingerprint density at radius 3 is 2.47 bits per heavy atom. The van der Waals surface area contributed by atoms with Crippen LogP contribution in [0.5, 0.6) is 0 Å². The molecule has 2 aromatic carbocycles. The molecule has 1 saturated carbocycles. The Hall–Kier alpha value is -4.32. The number of benzene rings is 2. The van der Waals surface area contributed by atoms with Crippen molar-refractivity contribution in [1.82, 2.24) is 14.5 Å². The first kappa shape index (κ1) is 25.3. The fraction of sp³-hybridized carbons (Fsp3) is 0.276. The van der Waals surface area contributed by atoms with Crippen LogP contribution < -0.4 is 11.1 Å². The van der Waals surface area contributed by atoms with Crippen molar-refractivity contribution in [2.24, 2.45) is 0 Å². The third kappa shape index (κ3) is 4.94. The number of nitrogen functional groups attached to an aromatic ring is 1. The summed E-state index contributed by atoms with van der Waals surface area (Å²) in [6.45, 7) is 3.25. The van der Waals surface area contributed by atoms with Crippen LogP contribution in [0, 0.1) is 25.7 Å². The zero-order valence-electron chi connectivity index (χ0n) is 21.0. The second kappa shape index (κ2) is 9.86. The Bertz CT molecular complexity index is 1600. The Balaban J connectivity index is 1.45. The molecule has 9 heteroatoms. The number of nitrogens with one attached hydrogen (secondary N) is 1. The number of hydrogen-bond acceptors (Lipinski definition) is 4. The number of carbonyl (C=O) groups is 1. The number of aromatic nitrogens is 3. The number of amides is 1. The highest BCUT2D eigenvalue weighted by atomic mass is 19.4. The average molecular weight is 518 g/mol. The summed E-state index contributed by atoms with van der Waals surface area (Å²) >= 11 is 0. The van der Waals surface area contributed by atoms with E-state index >= 15 is 0 Å². The van der Waals surface area contributed by atoms with E-state index in [1.807, 2.05) is 13.1 Å². The standard InChI is InChI=1S/C29H26F3N5O/c1-17-8-12-22(36-28(38)20-9-7-18(2)24(14-20)29(30,31)32)13-19(17)10-11-21-15-37(23-5-3-4-6-23)27-25(21)26(33)34-16-35-27/h7-9,12-16,23H,3-6H2,1-2H3,(H,36,38)(H2,33,34,35).